The summed E-state index contributed by atoms with van der Waals surface area (Å²) in [6.45, 7) is 5.64. The zero-order valence-electron chi connectivity index (χ0n) is 7.33. The lowest BCUT2D eigenvalue weighted by atomic mass is 10.1. The van der Waals surface area contributed by atoms with Gasteiger partial charge in [-0.2, -0.15) is 0 Å². The number of aliphatic hydroxyl groups is 1. The molecular formula is C11H14O. The molecule has 1 aromatic rings. The molecule has 1 heteroatoms. The lowest BCUT2D eigenvalue weighted by molar-refractivity contribution is 0.229. The van der Waals surface area contributed by atoms with Gasteiger partial charge in [-0.15, -0.1) is 6.58 Å². The molecule has 0 radical (unpaired) electrons. The summed E-state index contributed by atoms with van der Waals surface area (Å²) in [6.07, 6.45) is 2.03. The van der Waals surface area contributed by atoms with Crippen molar-refractivity contribution in [3.8, 4) is 0 Å². The predicted molar refractivity (Wildman–Crippen MR) is 51.0 cm³/mol. The fourth-order valence-electron chi connectivity index (χ4n) is 1.09. The highest BCUT2D eigenvalue weighted by molar-refractivity contribution is 5.25. The van der Waals surface area contributed by atoms with Crippen LogP contribution in [0.2, 0.25) is 0 Å². The van der Waals surface area contributed by atoms with Crippen molar-refractivity contribution in [2.75, 3.05) is 0 Å². The molecule has 0 fully saturated rings. The summed E-state index contributed by atoms with van der Waals surface area (Å²) >= 11 is 0. The molecule has 0 heterocycles. The maximum atomic E-state index is 9.37. The minimum Gasteiger partial charge on any atom is -0.384 e. The molecule has 0 aliphatic carbocycles. The lowest BCUT2D eigenvalue weighted by Gasteiger charge is -2.05. The fraction of sp³-hybridized carbons (Fsp3) is 0.273. The molecule has 1 atom stereocenters. The van der Waals surface area contributed by atoms with Crippen molar-refractivity contribution < 1.29 is 5.11 Å². The van der Waals surface area contributed by atoms with Gasteiger partial charge < -0.3 is 5.11 Å². The third-order valence-electron chi connectivity index (χ3n) is 1.95. The molecule has 0 spiro atoms. The van der Waals surface area contributed by atoms with Gasteiger partial charge in [-0.1, -0.05) is 37.3 Å². The first-order valence-electron chi connectivity index (χ1n) is 4.17. The van der Waals surface area contributed by atoms with Crippen LogP contribution in [0.25, 0.3) is 0 Å². The molecule has 0 saturated heterocycles. The van der Waals surface area contributed by atoms with Crippen LogP contribution in [0.4, 0.5) is 0 Å². The third kappa shape index (κ3) is 1.95. The number of aliphatic hydroxyl groups excluding tert-OH is 1. The van der Waals surface area contributed by atoms with E-state index >= 15 is 0 Å². The molecule has 0 saturated carbocycles. The minimum atomic E-state index is -0.532. The Bertz CT molecular complexity index is 248. The van der Waals surface area contributed by atoms with Gasteiger partial charge in [-0.05, 0) is 17.5 Å². The SMILES string of the molecule is C=CC(O)c1ccc(CC)cc1. The normalized spacial score (nSPS) is 12.5. The molecular weight excluding hydrogens is 148 g/mol. The molecule has 0 amide bonds. The highest BCUT2D eigenvalue weighted by Crippen LogP contribution is 2.14. The number of rotatable bonds is 3. The summed E-state index contributed by atoms with van der Waals surface area (Å²) < 4.78 is 0. The van der Waals surface area contributed by atoms with Crippen molar-refractivity contribution in [1.29, 1.82) is 0 Å². The van der Waals surface area contributed by atoms with E-state index in [2.05, 4.69) is 13.5 Å². The van der Waals surface area contributed by atoms with Gasteiger partial charge in [0.05, 0.1) is 6.10 Å². The highest BCUT2D eigenvalue weighted by atomic mass is 16.3. The van der Waals surface area contributed by atoms with E-state index in [-0.39, 0.29) is 0 Å². The Balaban J connectivity index is 2.84. The molecule has 1 unspecified atom stereocenters. The van der Waals surface area contributed by atoms with E-state index in [1.165, 1.54) is 11.6 Å². The molecule has 64 valence electrons. The second kappa shape index (κ2) is 4.07. The average Bonchev–Trinajstić information content (AvgIpc) is 2.17. The van der Waals surface area contributed by atoms with Crippen LogP contribution >= 0.6 is 0 Å². The Morgan fingerprint density at radius 3 is 2.42 bits per heavy atom. The van der Waals surface area contributed by atoms with Crippen molar-refractivity contribution in [2.45, 2.75) is 19.4 Å². The van der Waals surface area contributed by atoms with Crippen molar-refractivity contribution in [2.24, 2.45) is 0 Å². The highest BCUT2D eigenvalue weighted by Gasteiger charge is 2.00. The Morgan fingerprint density at radius 1 is 1.42 bits per heavy atom. The second-order valence-corrected chi connectivity index (χ2v) is 2.78. The maximum absolute atomic E-state index is 9.37. The van der Waals surface area contributed by atoms with Crippen LogP contribution in [-0.2, 0) is 6.42 Å². The lowest BCUT2D eigenvalue weighted by Crippen LogP contribution is -1.92. The first-order chi connectivity index (χ1) is 5.77. The van der Waals surface area contributed by atoms with Crippen molar-refractivity contribution in [3.63, 3.8) is 0 Å². The summed E-state index contributed by atoms with van der Waals surface area (Å²) in [5.41, 5.74) is 2.19. The second-order valence-electron chi connectivity index (χ2n) is 2.78. The van der Waals surface area contributed by atoms with E-state index in [9.17, 15) is 5.11 Å². The summed E-state index contributed by atoms with van der Waals surface area (Å²) in [4.78, 5) is 0. The molecule has 1 N–H and O–H groups in total. The average molecular weight is 162 g/mol. The van der Waals surface area contributed by atoms with Gasteiger partial charge in [0.1, 0.15) is 0 Å². The van der Waals surface area contributed by atoms with Gasteiger partial charge in [0.25, 0.3) is 0 Å². The number of hydrogen-bond acceptors (Lipinski definition) is 1. The van der Waals surface area contributed by atoms with Crippen LogP contribution in [-0.4, -0.2) is 5.11 Å². The van der Waals surface area contributed by atoms with Crippen LogP contribution < -0.4 is 0 Å². The minimum absolute atomic E-state index is 0.532. The summed E-state index contributed by atoms with van der Waals surface area (Å²) in [7, 11) is 0. The zero-order valence-corrected chi connectivity index (χ0v) is 7.33. The number of benzene rings is 1. The molecule has 0 bridgehead atoms. The Hall–Kier alpha value is -1.08. The molecule has 1 rings (SSSR count). The number of aryl methyl sites for hydroxylation is 1. The molecule has 0 aromatic heterocycles. The predicted octanol–water partition coefficient (Wildman–Crippen LogP) is 2.47. The van der Waals surface area contributed by atoms with E-state index in [1.807, 2.05) is 24.3 Å². The van der Waals surface area contributed by atoms with Crippen LogP contribution in [0.3, 0.4) is 0 Å². The smallest absolute Gasteiger partial charge is 0.0969 e. The maximum Gasteiger partial charge on any atom is 0.0969 e. The van der Waals surface area contributed by atoms with Crippen molar-refractivity contribution in [1.82, 2.24) is 0 Å². The number of hydrogen-bond donors (Lipinski definition) is 1. The molecule has 1 nitrogen and oxygen atoms in total. The van der Waals surface area contributed by atoms with E-state index in [0.29, 0.717) is 0 Å². The van der Waals surface area contributed by atoms with Gasteiger partial charge in [0.2, 0.25) is 0 Å². The van der Waals surface area contributed by atoms with Crippen LogP contribution in [0.5, 0.6) is 0 Å². The van der Waals surface area contributed by atoms with Gasteiger partial charge >= 0.3 is 0 Å². The Morgan fingerprint density at radius 2 is 2.00 bits per heavy atom. The standard InChI is InChI=1S/C11H14O/c1-3-9-5-7-10(8-6-9)11(12)4-2/h4-8,11-12H,2-3H2,1H3. The van der Waals surface area contributed by atoms with E-state index in [1.54, 1.807) is 0 Å². The molecule has 0 aliphatic heterocycles. The van der Waals surface area contributed by atoms with Crippen LogP contribution in [0.15, 0.2) is 36.9 Å². The molecule has 1 aromatic carbocycles. The van der Waals surface area contributed by atoms with Crippen LogP contribution in [0, 0.1) is 0 Å². The third-order valence-corrected chi connectivity index (χ3v) is 1.95. The Kier molecular flexibility index (Phi) is 3.06. The van der Waals surface area contributed by atoms with Gasteiger partial charge in [-0.3, -0.25) is 0 Å². The van der Waals surface area contributed by atoms with Gasteiger partial charge in [-0.25, -0.2) is 0 Å². The van der Waals surface area contributed by atoms with Crippen molar-refractivity contribution >= 4 is 0 Å². The summed E-state index contributed by atoms with van der Waals surface area (Å²) in [5, 5.41) is 9.37. The quantitative estimate of drug-likeness (QED) is 0.677. The topological polar surface area (TPSA) is 20.2 Å². The fourth-order valence-corrected chi connectivity index (χ4v) is 1.09. The van der Waals surface area contributed by atoms with E-state index in [0.717, 1.165) is 12.0 Å². The largest absolute Gasteiger partial charge is 0.384 e. The first-order valence-corrected chi connectivity index (χ1v) is 4.17. The zero-order chi connectivity index (χ0) is 8.97. The Labute approximate surface area is 73.4 Å². The summed E-state index contributed by atoms with van der Waals surface area (Å²) in [6, 6.07) is 7.93. The van der Waals surface area contributed by atoms with Gasteiger partial charge in [0.15, 0.2) is 0 Å². The molecule has 0 aliphatic rings. The van der Waals surface area contributed by atoms with E-state index < -0.39 is 6.10 Å². The first kappa shape index (κ1) is 9.01. The van der Waals surface area contributed by atoms with Gasteiger partial charge in [0, 0.05) is 0 Å². The van der Waals surface area contributed by atoms with Crippen molar-refractivity contribution in [3.05, 3.63) is 48.0 Å². The monoisotopic (exact) mass is 162 g/mol. The molecule has 12 heavy (non-hydrogen) atoms. The van der Waals surface area contributed by atoms with E-state index in [4.69, 9.17) is 0 Å². The van der Waals surface area contributed by atoms with Crippen LogP contribution in [0.1, 0.15) is 24.2 Å². The summed E-state index contributed by atoms with van der Waals surface area (Å²) in [5.74, 6) is 0.